The summed E-state index contributed by atoms with van der Waals surface area (Å²) in [5, 5.41) is 17.2. The number of rotatable bonds is 7. The summed E-state index contributed by atoms with van der Waals surface area (Å²) in [6.07, 6.45) is -4.33. The van der Waals surface area contributed by atoms with Crippen molar-refractivity contribution in [1.29, 1.82) is 0 Å². The van der Waals surface area contributed by atoms with Gasteiger partial charge < -0.3 is 20.3 Å². The van der Waals surface area contributed by atoms with Crippen LogP contribution in [0.2, 0.25) is 0 Å². The number of hydrogen-bond acceptors (Lipinski definition) is 3. The predicted octanol–water partition coefficient (Wildman–Crippen LogP) is 6.35. The lowest BCUT2D eigenvalue weighted by Gasteiger charge is -2.34. The molecule has 1 fully saturated rings. The van der Waals surface area contributed by atoms with E-state index in [1.54, 1.807) is 56.3 Å². The van der Waals surface area contributed by atoms with Crippen LogP contribution in [-0.4, -0.2) is 33.5 Å². The van der Waals surface area contributed by atoms with Crippen LogP contribution in [0, 0.1) is 17.8 Å². The van der Waals surface area contributed by atoms with Gasteiger partial charge >= 0.3 is 12.2 Å². The van der Waals surface area contributed by atoms with Crippen molar-refractivity contribution in [1.82, 2.24) is 9.88 Å². The molecule has 1 heterocycles. The van der Waals surface area contributed by atoms with Crippen LogP contribution in [0.4, 0.5) is 23.7 Å². The predicted molar refractivity (Wildman–Crippen MR) is 147 cm³/mol. The second-order valence-electron chi connectivity index (χ2n) is 12.0. The molecule has 9 heteroatoms. The van der Waals surface area contributed by atoms with E-state index in [2.05, 4.69) is 38.3 Å². The van der Waals surface area contributed by atoms with Gasteiger partial charge in [-0.2, -0.15) is 13.2 Å². The number of hydrogen-bond donors (Lipinski definition) is 3. The number of pyridine rings is 1. The molecule has 1 aliphatic rings. The summed E-state index contributed by atoms with van der Waals surface area (Å²) >= 11 is 0. The topological polar surface area (TPSA) is 83.4 Å². The first-order valence-corrected chi connectivity index (χ1v) is 13.0. The summed E-state index contributed by atoms with van der Waals surface area (Å²) in [6.45, 7) is 10.9. The molecule has 3 aromatic rings. The van der Waals surface area contributed by atoms with E-state index < -0.39 is 36.7 Å². The van der Waals surface area contributed by atoms with E-state index in [1.165, 1.54) is 16.8 Å². The molecule has 1 aromatic heterocycles. The molecule has 2 unspecified atom stereocenters. The van der Waals surface area contributed by atoms with Crippen LogP contribution in [0.25, 0.3) is 10.9 Å². The number of nitrogens with one attached hydrogen (secondary N) is 2. The van der Waals surface area contributed by atoms with E-state index in [9.17, 15) is 27.9 Å². The number of aliphatic hydroxyl groups is 1. The van der Waals surface area contributed by atoms with Crippen molar-refractivity contribution < 1.29 is 23.1 Å². The lowest BCUT2D eigenvalue weighted by molar-refractivity contribution is -0.268. The van der Waals surface area contributed by atoms with Crippen LogP contribution in [0.5, 0.6) is 0 Å². The number of aryl methyl sites for hydroxylation is 1. The zero-order valence-corrected chi connectivity index (χ0v) is 23.1. The van der Waals surface area contributed by atoms with Crippen molar-refractivity contribution in [2.75, 3.05) is 5.32 Å². The number of anilines is 1. The molecule has 1 saturated carbocycles. The maximum absolute atomic E-state index is 14.4. The first kappa shape index (κ1) is 28.7. The van der Waals surface area contributed by atoms with Gasteiger partial charge in [0.25, 0.3) is 0 Å². The Morgan fingerprint density at radius 2 is 1.72 bits per heavy atom. The second kappa shape index (κ2) is 9.70. The highest BCUT2D eigenvalue weighted by Crippen LogP contribution is 2.62. The fourth-order valence-corrected chi connectivity index (χ4v) is 5.62. The first-order valence-electron chi connectivity index (χ1n) is 13.0. The number of benzene rings is 2. The smallest absolute Gasteiger partial charge is 0.379 e. The Bertz CT molecular complexity index is 1450. The molecular weight excluding hydrogens is 507 g/mol. The third-order valence-electron chi connectivity index (χ3n) is 8.77. The molecule has 1 aliphatic carbocycles. The molecule has 2 aromatic carbocycles. The highest BCUT2D eigenvalue weighted by Gasteiger charge is 2.65. The number of para-hydroxylation sites is 1. The quantitative estimate of drug-likeness (QED) is 0.325. The molecule has 3 N–H and O–H groups in total. The Labute approximate surface area is 226 Å². The fourth-order valence-electron chi connectivity index (χ4n) is 5.62. The lowest BCUT2D eigenvalue weighted by atomic mass is 9.85. The van der Waals surface area contributed by atoms with Gasteiger partial charge in [-0.15, -0.1) is 0 Å². The van der Waals surface area contributed by atoms with Gasteiger partial charge in [-0.1, -0.05) is 64.4 Å². The van der Waals surface area contributed by atoms with Gasteiger partial charge in [0, 0.05) is 29.4 Å². The van der Waals surface area contributed by atoms with Crippen LogP contribution in [0.15, 0.2) is 59.5 Å². The minimum atomic E-state index is -4.95. The molecular formula is C30H36F3N3O3. The molecule has 39 heavy (non-hydrogen) atoms. The maximum Gasteiger partial charge on any atom is 0.418 e. The third-order valence-corrected chi connectivity index (χ3v) is 8.77. The van der Waals surface area contributed by atoms with E-state index in [0.717, 1.165) is 5.56 Å². The van der Waals surface area contributed by atoms with E-state index in [4.69, 9.17) is 0 Å². The van der Waals surface area contributed by atoms with Crippen LogP contribution in [-0.2, 0) is 6.54 Å². The van der Waals surface area contributed by atoms with Crippen molar-refractivity contribution in [3.8, 4) is 0 Å². The first-order chi connectivity index (χ1) is 18.0. The Hall–Kier alpha value is -3.33. The lowest BCUT2D eigenvalue weighted by Crippen LogP contribution is -2.49. The minimum Gasteiger partial charge on any atom is -0.379 e. The van der Waals surface area contributed by atoms with Crippen LogP contribution in [0.1, 0.15) is 58.1 Å². The zero-order chi connectivity index (χ0) is 29.0. The molecule has 0 spiro atoms. The van der Waals surface area contributed by atoms with Gasteiger partial charge in [-0.25, -0.2) is 4.79 Å². The summed E-state index contributed by atoms with van der Waals surface area (Å²) < 4.78 is 44.5. The van der Waals surface area contributed by atoms with Gasteiger partial charge in [-0.3, -0.25) is 4.79 Å². The number of fused-ring (bicyclic) bond motifs is 1. The maximum atomic E-state index is 14.4. The minimum absolute atomic E-state index is 0.0407. The molecule has 0 radical (unpaired) electrons. The summed E-state index contributed by atoms with van der Waals surface area (Å²) in [5.74, 6) is -0.769. The number of aromatic nitrogens is 1. The Kier molecular flexibility index (Phi) is 7.13. The molecule has 0 saturated heterocycles. The van der Waals surface area contributed by atoms with E-state index in [0.29, 0.717) is 16.8 Å². The van der Waals surface area contributed by atoms with Crippen LogP contribution in [0.3, 0.4) is 0 Å². The number of nitrogens with zero attached hydrogens (tertiary/aromatic N) is 1. The molecule has 2 atom stereocenters. The Morgan fingerprint density at radius 3 is 2.33 bits per heavy atom. The van der Waals surface area contributed by atoms with Crippen molar-refractivity contribution >= 4 is 22.6 Å². The summed E-state index contributed by atoms with van der Waals surface area (Å²) in [7, 11) is 0. The number of halogens is 3. The Morgan fingerprint density at radius 1 is 1.08 bits per heavy atom. The summed E-state index contributed by atoms with van der Waals surface area (Å²) in [6, 6.07) is 12.3. The van der Waals surface area contributed by atoms with Gasteiger partial charge in [0.15, 0.2) is 11.0 Å². The largest absolute Gasteiger partial charge is 0.418 e. The molecule has 4 rings (SSSR count). The molecule has 2 amide bonds. The summed E-state index contributed by atoms with van der Waals surface area (Å²) in [5.41, 5.74) is -1.58. The van der Waals surface area contributed by atoms with Crippen molar-refractivity contribution in [3.05, 3.63) is 76.1 Å². The average Bonchev–Trinajstić information content (AvgIpc) is 3.22. The SMILES string of the molecule is Cc1ccc2c(c1)c(=O)ccn2CC(O)(CC(C)c1ccccc1NC(=O)NC1C(C)(C)C1(C)C)C(F)(F)F. The number of carbonyl (C=O) groups excluding carboxylic acids is 1. The normalized spacial score (nSPS) is 18.8. The van der Waals surface area contributed by atoms with Gasteiger partial charge in [0.1, 0.15) is 0 Å². The van der Waals surface area contributed by atoms with Crippen molar-refractivity contribution in [2.24, 2.45) is 10.8 Å². The number of urea groups is 1. The summed E-state index contributed by atoms with van der Waals surface area (Å²) in [4.78, 5) is 25.1. The monoisotopic (exact) mass is 543 g/mol. The van der Waals surface area contributed by atoms with Gasteiger partial charge in [-0.05, 0) is 53.9 Å². The average molecular weight is 544 g/mol. The standard InChI is InChI=1S/C30H36F3N3O3/c1-18-11-12-23-21(15-18)24(37)13-14-36(23)17-29(39,30(31,32)33)16-19(2)20-9-7-8-10-22(20)34-26(38)35-25-27(3,4)28(25,5)6/h7-15,19,25,39H,16-17H2,1-6H3,(H2,34,35,38). The van der Waals surface area contributed by atoms with Crippen LogP contribution >= 0.6 is 0 Å². The van der Waals surface area contributed by atoms with Gasteiger partial charge in [0.05, 0.1) is 12.1 Å². The van der Waals surface area contributed by atoms with E-state index >= 15 is 0 Å². The molecule has 0 bridgehead atoms. The van der Waals surface area contributed by atoms with E-state index in [1.807, 2.05) is 0 Å². The number of carbonyl (C=O) groups is 1. The molecule has 210 valence electrons. The van der Waals surface area contributed by atoms with Crippen molar-refractivity contribution in [2.45, 2.75) is 78.2 Å². The highest BCUT2D eigenvalue weighted by atomic mass is 19.4. The number of alkyl halides is 3. The second-order valence-corrected chi connectivity index (χ2v) is 12.0. The van der Waals surface area contributed by atoms with Crippen molar-refractivity contribution in [3.63, 3.8) is 0 Å². The Balaban J connectivity index is 1.59. The third kappa shape index (κ3) is 5.29. The highest BCUT2D eigenvalue weighted by molar-refractivity contribution is 5.91. The van der Waals surface area contributed by atoms with E-state index in [-0.39, 0.29) is 27.7 Å². The fraction of sp³-hybridized carbons (Fsp3) is 0.467. The van der Waals surface area contributed by atoms with Crippen LogP contribution < -0.4 is 16.1 Å². The molecule has 0 aliphatic heterocycles. The zero-order valence-electron chi connectivity index (χ0n) is 23.1. The number of amides is 2. The van der Waals surface area contributed by atoms with Gasteiger partial charge in [0.2, 0.25) is 0 Å². The molecule has 6 nitrogen and oxygen atoms in total.